The van der Waals surface area contributed by atoms with Gasteiger partial charge in [-0.25, -0.2) is 4.79 Å². The van der Waals surface area contributed by atoms with Crippen LogP contribution < -0.4 is 24.7 Å². The van der Waals surface area contributed by atoms with Gasteiger partial charge in [0.05, 0.1) is 25.2 Å². The molecule has 0 aliphatic carbocycles. The summed E-state index contributed by atoms with van der Waals surface area (Å²) in [5, 5.41) is 9.84. The van der Waals surface area contributed by atoms with E-state index in [9.17, 15) is 10.1 Å². The SMILES string of the molecule is CCCCCOc1ccc(C(=O)Oc2ccc3c(c2)OC(N)=C(C#N)C3c2cc(Br)ccc2OC)cc1. The first-order valence-corrected chi connectivity index (χ1v) is 12.7. The Morgan fingerprint density at radius 1 is 1.05 bits per heavy atom. The first kappa shape index (κ1) is 26.1. The summed E-state index contributed by atoms with van der Waals surface area (Å²) < 4.78 is 23.4. The van der Waals surface area contributed by atoms with Crippen molar-refractivity contribution in [2.45, 2.75) is 32.1 Å². The molecule has 37 heavy (non-hydrogen) atoms. The number of carbonyl (C=O) groups is 1. The summed E-state index contributed by atoms with van der Waals surface area (Å²) in [5.74, 6) is 0.950. The molecule has 2 N–H and O–H groups in total. The van der Waals surface area contributed by atoms with Crippen molar-refractivity contribution in [1.82, 2.24) is 0 Å². The molecule has 8 heteroatoms. The molecule has 0 fully saturated rings. The Kier molecular flexibility index (Phi) is 8.36. The number of unbranched alkanes of at least 4 members (excludes halogenated alkanes) is 2. The van der Waals surface area contributed by atoms with Crippen LogP contribution in [-0.2, 0) is 0 Å². The summed E-state index contributed by atoms with van der Waals surface area (Å²) in [6.07, 6.45) is 3.24. The number of esters is 1. The molecule has 1 atom stereocenters. The number of ether oxygens (including phenoxy) is 4. The highest BCUT2D eigenvalue weighted by atomic mass is 79.9. The number of nitrogens with two attached hydrogens (primary N) is 1. The molecule has 4 rings (SSSR count). The highest BCUT2D eigenvalue weighted by Crippen LogP contribution is 2.46. The highest BCUT2D eigenvalue weighted by molar-refractivity contribution is 9.10. The monoisotopic (exact) mass is 562 g/mol. The van der Waals surface area contributed by atoms with Gasteiger partial charge in [-0.1, -0.05) is 41.8 Å². The first-order valence-electron chi connectivity index (χ1n) is 11.9. The lowest BCUT2D eigenvalue weighted by Crippen LogP contribution is -2.21. The molecular formula is C29H27BrN2O5. The van der Waals surface area contributed by atoms with E-state index in [0.29, 0.717) is 35.0 Å². The number of rotatable bonds is 9. The van der Waals surface area contributed by atoms with E-state index < -0.39 is 11.9 Å². The van der Waals surface area contributed by atoms with Crippen molar-refractivity contribution >= 4 is 21.9 Å². The third kappa shape index (κ3) is 5.89. The first-order chi connectivity index (χ1) is 17.9. The Morgan fingerprint density at radius 2 is 1.81 bits per heavy atom. The molecular weight excluding hydrogens is 536 g/mol. The van der Waals surface area contributed by atoms with Gasteiger partial charge in [0.15, 0.2) is 0 Å². The minimum atomic E-state index is -0.518. The molecule has 0 radical (unpaired) electrons. The fraction of sp³-hybridized carbons (Fsp3) is 0.241. The van der Waals surface area contributed by atoms with Gasteiger partial charge in [0.1, 0.15) is 34.6 Å². The summed E-state index contributed by atoms with van der Waals surface area (Å²) >= 11 is 3.49. The standard InChI is InChI=1S/C29H27BrN2O5/c1-3-4-5-14-35-20-9-6-18(7-10-20)29(33)36-21-11-12-22-26(16-21)37-28(32)24(17-31)27(22)23-15-19(30)8-13-25(23)34-2/h6-13,15-16,27H,3-5,14,32H2,1-2H3. The second-order valence-electron chi connectivity index (χ2n) is 8.48. The molecule has 1 aliphatic heterocycles. The highest BCUT2D eigenvalue weighted by Gasteiger charge is 2.33. The van der Waals surface area contributed by atoms with E-state index in [2.05, 4.69) is 28.9 Å². The molecule has 1 aliphatic rings. The predicted octanol–water partition coefficient (Wildman–Crippen LogP) is 6.46. The molecule has 0 amide bonds. The average molecular weight is 563 g/mol. The topological polar surface area (TPSA) is 104 Å². The lowest BCUT2D eigenvalue weighted by atomic mass is 9.83. The van der Waals surface area contributed by atoms with Crippen LogP contribution in [0.15, 0.2) is 76.6 Å². The van der Waals surface area contributed by atoms with Crippen molar-refractivity contribution in [3.8, 4) is 29.1 Å². The molecule has 1 unspecified atom stereocenters. The van der Waals surface area contributed by atoms with E-state index in [4.69, 9.17) is 24.7 Å². The van der Waals surface area contributed by atoms with Crippen molar-refractivity contribution in [3.63, 3.8) is 0 Å². The minimum absolute atomic E-state index is 0.0139. The number of hydrogen-bond donors (Lipinski definition) is 1. The molecule has 7 nitrogen and oxygen atoms in total. The van der Waals surface area contributed by atoms with Crippen molar-refractivity contribution in [2.75, 3.05) is 13.7 Å². The van der Waals surface area contributed by atoms with E-state index in [1.807, 2.05) is 18.2 Å². The molecule has 0 spiro atoms. The van der Waals surface area contributed by atoms with Crippen LogP contribution in [0.4, 0.5) is 0 Å². The number of nitriles is 1. The van der Waals surface area contributed by atoms with Gasteiger partial charge in [-0.3, -0.25) is 0 Å². The van der Waals surface area contributed by atoms with Gasteiger partial charge in [0, 0.05) is 21.7 Å². The zero-order chi connectivity index (χ0) is 26.4. The van der Waals surface area contributed by atoms with Crippen molar-refractivity contribution < 1.29 is 23.7 Å². The van der Waals surface area contributed by atoms with Crippen molar-refractivity contribution in [1.29, 1.82) is 5.26 Å². The normalized spacial score (nSPS) is 14.3. The Labute approximate surface area is 224 Å². The number of halogens is 1. The summed E-state index contributed by atoms with van der Waals surface area (Å²) in [7, 11) is 1.57. The van der Waals surface area contributed by atoms with E-state index in [-0.39, 0.29) is 17.2 Å². The molecule has 0 aromatic heterocycles. The van der Waals surface area contributed by atoms with Gasteiger partial charge < -0.3 is 24.7 Å². The lowest BCUT2D eigenvalue weighted by molar-refractivity contribution is 0.0734. The smallest absolute Gasteiger partial charge is 0.343 e. The number of allylic oxidation sites excluding steroid dienone is 1. The van der Waals surface area contributed by atoms with Gasteiger partial charge in [0.25, 0.3) is 0 Å². The average Bonchev–Trinajstić information content (AvgIpc) is 2.90. The molecule has 0 saturated carbocycles. The molecule has 190 valence electrons. The fourth-order valence-electron chi connectivity index (χ4n) is 4.15. The Bertz CT molecular complexity index is 1360. The van der Waals surface area contributed by atoms with Gasteiger partial charge in [0.2, 0.25) is 5.88 Å². The molecule has 1 heterocycles. The van der Waals surface area contributed by atoms with E-state index >= 15 is 0 Å². The summed E-state index contributed by atoms with van der Waals surface area (Å²) in [4.78, 5) is 12.8. The maximum atomic E-state index is 12.8. The van der Waals surface area contributed by atoms with Crippen LogP contribution in [0.3, 0.4) is 0 Å². The van der Waals surface area contributed by atoms with Crippen LogP contribution in [-0.4, -0.2) is 19.7 Å². The van der Waals surface area contributed by atoms with Crippen LogP contribution in [0.2, 0.25) is 0 Å². The zero-order valence-electron chi connectivity index (χ0n) is 20.6. The molecule has 3 aromatic rings. The van der Waals surface area contributed by atoms with E-state index in [1.165, 1.54) is 0 Å². The number of methoxy groups -OCH3 is 1. The van der Waals surface area contributed by atoms with Gasteiger partial charge in [-0.15, -0.1) is 0 Å². The number of hydrogen-bond acceptors (Lipinski definition) is 7. The third-order valence-corrected chi connectivity index (χ3v) is 6.50. The van der Waals surface area contributed by atoms with Crippen LogP contribution in [0.25, 0.3) is 0 Å². The Morgan fingerprint density at radius 3 is 2.51 bits per heavy atom. The number of benzene rings is 3. The van der Waals surface area contributed by atoms with Crippen LogP contribution in [0.1, 0.15) is 53.6 Å². The van der Waals surface area contributed by atoms with Crippen LogP contribution in [0, 0.1) is 11.3 Å². The van der Waals surface area contributed by atoms with Gasteiger partial charge >= 0.3 is 5.97 Å². The van der Waals surface area contributed by atoms with E-state index in [0.717, 1.165) is 29.3 Å². The van der Waals surface area contributed by atoms with Crippen molar-refractivity contribution in [2.24, 2.45) is 5.73 Å². The second-order valence-corrected chi connectivity index (χ2v) is 9.40. The Balaban J connectivity index is 1.56. The molecule has 0 saturated heterocycles. The zero-order valence-corrected chi connectivity index (χ0v) is 22.2. The maximum Gasteiger partial charge on any atom is 0.343 e. The van der Waals surface area contributed by atoms with Crippen LogP contribution in [0.5, 0.6) is 23.0 Å². The lowest BCUT2D eigenvalue weighted by Gasteiger charge is -2.27. The summed E-state index contributed by atoms with van der Waals surface area (Å²) in [6, 6.07) is 19.6. The summed E-state index contributed by atoms with van der Waals surface area (Å²) in [6.45, 7) is 2.78. The van der Waals surface area contributed by atoms with Gasteiger partial charge in [-0.05, 0) is 55.0 Å². The Hall–Kier alpha value is -3.96. The number of carbonyl (C=O) groups excluding carboxylic acids is 1. The number of nitrogens with zero attached hydrogens (tertiary/aromatic N) is 1. The van der Waals surface area contributed by atoms with E-state index in [1.54, 1.807) is 49.6 Å². The van der Waals surface area contributed by atoms with Crippen molar-refractivity contribution in [3.05, 3.63) is 93.3 Å². The fourth-order valence-corrected chi connectivity index (χ4v) is 4.52. The largest absolute Gasteiger partial charge is 0.496 e. The third-order valence-electron chi connectivity index (χ3n) is 6.01. The quantitative estimate of drug-likeness (QED) is 0.181. The minimum Gasteiger partial charge on any atom is -0.496 e. The second kappa shape index (κ2) is 11.8. The van der Waals surface area contributed by atoms with Crippen LogP contribution >= 0.6 is 15.9 Å². The summed E-state index contributed by atoms with van der Waals surface area (Å²) in [5.41, 5.74) is 8.25. The predicted molar refractivity (Wildman–Crippen MR) is 143 cm³/mol. The number of fused-ring (bicyclic) bond motifs is 1. The molecule has 3 aromatic carbocycles. The van der Waals surface area contributed by atoms with Gasteiger partial charge in [-0.2, -0.15) is 5.26 Å². The maximum absolute atomic E-state index is 12.8. The molecule has 0 bridgehead atoms.